The Morgan fingerprint density at radius 1 is 1.39 bits per heavy atom. The molecule has 1 aromatic carbocycles. The predicted molar refractivity (Wildman–Crippen MR) is 76.4 cm³/mol. The van der Waals surface area contributed by atoms with Gasteiger partial charge in [-0.05, 0) is 44.5 Å². The van der Waals surface area contributed by atoms with Gasteiger partial charge < -0.3 is 15.3 Å². The molecule has 100 valence electrons. The van der Waals surface area contributed by atoms with Crippen LogP contribution >= 0.6 is 11.6 Å². The van der Waals surface area contributed by atoms with Crippen molar-refractivity contribution in [3.05, 3.63) is 28.8 Å². The minimum atomic E-state index is -0.149. The summed E-state index contributed by atoms with van der Waals surface area (Å²) >= 11 is 6.37. The summed E-state index contributed by atoms with van der Waals surface area (Å²) in [5.74, 6) is 0. The summed E-state index contributed by atoms with van der Waals surface area (Å²) in [5, 5.41) is 13.5. The summed E-state index contributed by atoms with van der Waals surface area (Å²) in [4.78, 5) is 2.25. The van der Waals surface area contributed by atoms with Crippen molar-refractivity contribution in [2.24, 2.45) is 0 Å². The van der Waals surface area contributed by atoms with Crippen molar-refractivity contribution in [1.29, 1.82) is 0 Å². The van der Waals surface area contributed by atoms with Gasteiger partial charge >= 0.3 is 0 Å². The second-order valence-electron chi connectivity index (χ2n) is 4.94. The van der Waals surface area contributed by atoms with E-state index in [9.17, 15) is 5.11 Å². The van der Waals surface area contributed by atoms with Crippen LogP contribution < -0.4 is 10.2 Å². The van der Waals surface area contributed by atoms with E-state index in [1.165, 1.54) is 5.56 Å². The number of anilines is 1. The van der Waals surface area contributed by atoms with E-state index in [2.05, 4.69) is 29.3 Å². The summed E-state index contributed by atoms with van der Waals surface area (Å²) < 4.78 is 0. The number of aliphatic hydroxyl groups excluding tert-OH is 1. The highest BCUT2D eigenvalue weighted by molar-refractivity contribution is 6.33. The van der Waals surface area contributed by atoms with Crippen molar-refractivity contribution in [2.75, 3.05) is 25.0 Å². The number of aliphatic hydroxyl groups is 1. The number of nitrogens with one attached hydrogen (secondary N) is 1. The van der Waals surface area contributed by atoms with Crippen molar-refractivity contribution in [1.82, 2.24) is 5.32 Å². The van der Waals surface area contributed by atoms with Gasteiger partial charge in [-0.1, -0.05) is 17.7 Å². The summed E-state index contributed by atoms with van der Waals surface area (Å²) in [7, 11) is 1.94. The van der Waals surface area contributed by atoms with Crippen molar-refractivity contribution in [3.8, 4) is 0 Å². The summed E-state index contributed by atoms with van der Waals surface area (Å²) in [6, 6.07) is 6.54. The first kappa shape index (κ1) is 13.7. The van der Waals surface area contributed by atoms with Crippen LogP contribution in [0, 0.1) is 0 Å². The molecule has 1 saturated heterocycles. The minimum Gasteiger partial charge on any atom is -0.393 e. The molecule has 0 radical (unpaired) electrons. The van der Waals surface area contributed by atoms with Crippen LogP contribution in [-0.2, 0) is 0 Å². The van der Waals surface area contributed by atoms with Crippen LogP contribution in [0.2, 0.25) is 5.02 Å². The average Bonchev–Trinajstić information content (AvgIpc) is 2.39. The third-order valence-electron chi connectivity index (χ3n) is 3.71. The van der Waals surface area contributed by atoms with E-state index in [1.807, 2.05) is 13.1 Å². The van der Waals surface area contributed by atoms with E-state index in [-0.39, 0.29) is 6.10 Å². The number of halogens is 1. The highest BCUT2D eigenvalue weighted by atomic mass is 35.5. The van der Waals surface area contributed by atoms with Crippen molar-refractivity contribution in [2.45, 2.75) is 31.9 Å². The number of piperidine rings is 1. The maximum absolute atomic E-state index is 9.52. The molecule has 2 rings (SSSR count). The van der Waals surface area contributed by atoms with Gasteiger partial charge in [0.1, 0.15) is 0 Å². The van der Waals surface area contributed by atoms with E-state index in [0.717, 1.165) is 36.6 Å². The first-order chi connectivity index (χ1) is 8.61. The van der Waals surface area contributed by atoms with Crippen LogP contribution in [0.1, 0.15) is 31.4 Å². The minimum absolute atomic E-state index is 0.149. The molecule has 1 unspecified atom stereocenters. The molecule has 18 heavy (non-hydrogen) atoms. The third kappa shape index (κ3) is 2.97. The number of benzene rings is 1. The molecule has 1 aliphatic rings. The van der Waals surface area contributed by atoms with Crippen LogP contribution in [0.15, 0.2) is 18.2 Å². The number of hydrogen-bond donors (Lipinski definition) is 2. The van der Waals surface area contributed by atoms with Gasteiger partial charge in [0, 0.05) is 19.1 Å². The standard InChI is InChI=1S/C14H21ClN2O/c1-10(16-2)11-3-4-14(13(15)9-11)17-7-5-12(18)6-8-17/h3-4,9-10,12,16,18H,5-8H2,1-2H3. The highest BCUT2D eigenvalue weighted by Crippen LogP contribution is 2.30. The zero-order chi connectivity index (χ0) is 13.1. The first-order valence-corrected chi connectivity index (χ1v) is 6.89. The Morgan fingerprint density at radius 2 is 2.06 bits per heavy atom. The molecule has 3 nitrogen and oxygen atoms in total. The summed E-state index contributed by atoms with van der Waals surface area (Å²) in [5.41, 5.74) is 2.28. The van der Waals surface area contributed by atoms with Crippen LogP contribution in [-0.4, -0.2) is 31.3 Å². The SMILES string of the molecule is CNC(C)c1ccc(N2CCC(O)CC2)c(Cl)c1. The fraction of sp³-hybridized carbons (Fsp3) is 0.571. The molecule has 0 amide bonds. The normalized spacial score (nSPS) is 19.0. The molecule has 1 fully saturated rings. The predicted octanol–water partition coefficient (Wildman–Crippen LogP) is 2.58. The highest BCUT2D eigenvalue weighted by Gasteiger charge is 2.19. The molecule has 0 aromatic heterocycles. The average molecular weight is 269 g/mol. The topological polar surface area (TPSA) is 35.5 Å². The van der Waals surface area contributed by atoms with E-state index in [4.69, 9.17) is 11.6 Å². The van der Waals surface area contributed by atoms with Gasteiger partial charge in [0.15, 0.2) is 0 Å². The molecule has 2 N–H and O–H groups in total. The van der Waals surface area contributed by atoms with Gasteiger partial charge in [0.05, 0.1) is 16.8 Å². The largest absolute Gasteiger partial charge is 0.393 e. The molecule has 0 aliphatic carbocycles. The lowest BCUT2D eigenvalue weighted by Gasteiger charge is -2.32. The van der Waals surface area contributed by atoms with E-state index >= 15 is 0 Å². The Labute approximate surface area is 114 Å². The molecule has 4 heteroatoms. The fourth-order valence-electron chi connectivity index (χ4n) is 2.32. The molecule has 0 spiro atoms. The number of nitrogens with zero attached hydrogens (tertiary/aromatic N) is 1. The van der Waals surface area contributed by atoms with E-state index in [1.54, 1.807) is 0 Å². The van der Waals surface area contributed by atoms with Gasteiger partial charge in [-0.3, -0.25) is 0 Å². The molecule has 1 heterocycles. The lowest BCUT2D eigenvalue weighted by atomic mass is 10.0. The van der Waals surface area contributed by atoms with Crippen LogP contribution in [0.25, 0.3) is 0 Å². The zero-order valence-electron chi connectivity index (χ0n) is 11.0. The maximum atomic E-state index is 9.52. The molecule has 1 aromatic rings. The van der Waals surface area contributed by atoms with Gasteiger partial charge in [-0.2, -0.15) is 0 Å². The Bertz CT molecular complexity index is 403. The lowest BCUT2D eigenvalue weighted by molar-refractivity contribution is 0.145. The van der Waals surface area contributed by atoms with Gasteiger partial charge in [0.25, 0.3) is 0 Å². The quantitative estimate of drug-likeness (QED) is 0.885. The fourth-order valence-corrected chi connectivity index (χ4v) is 2.63. The summed E-state index contributed by atoms with van der Waals surface area (Å²) in [6.07, 6.45) is 1.50. The Kier molecular flexibility index (Phi) is 4.49. The molecule has 1 atom stereocenters. The van der Waals surface area contributed by atoms with Crippen molar-refractivity contribution < 1.29 is 5.11 Å². The maximum Gasteiger partial charge on any atom is 0.0642 e. The third-order valence-corrected chi connectivity index (χ3v) is 4.01. The van der Waals surface area contributed by atoms with Gasteiger partial charge in [-0.25, -0.2) is 0 Å². The molecule has 0 bridgehead atoms. The van der Waals surface area contributed by atoms with Crippen LogP contribution in [0.5, 0.6) is 0 Å². The Morgan fingerprint density at radius 3 is 2.61 bits per heavy atom. The van der Waals surface area contributed by atoms with Crippen molar-refractivity contribution in [3.63, 3.8) is 0 Å². The monoisotopic (exact) mass is 268 g/mol. The second-order valence-corrected chi connectivity index (χ2v) is 5.35. The molecular formula is C14H21ClN2O. The Balaban J connectivity index is 2.14. The second kappa shape index (κ2) is 5.91. The number of rotatable bonds is 3. The summed E-state index contributed by atoms with van der Waals surface area (Å²) in [6.45, 7) is 3.87. The van der Waals surface area contributed by atoms with Crippen molar-refractivity contribution >= 4 is 17.3 Å². The van der Waals surface area contributed by atoms with Crippen LogP contribution in [0.4, 0.5) is 5.69 Å². The van der Waals surface area contributed by atoms with Gasteiger partial charge in [0.2, 0.25) is 0 Å². The van der Waals surface area contributed by atoms with E-state index in [0.29, 0.717) is 6.04 Å². The molecule has 0 saturated carbocycles. The van der Waals surface area contributed by atoms with E-state index < -0.39 is 0 Å². The van der Waals surface area contributed by atoms with Gasteiger partial charge in [-0.15, -0.1) is 0 Å². The zero-order valence-corrected chi connectivity index (χ0v) is 11.7. The number of hydrogen-bond acceptors (Lipinski definition) is 3. The Hall–Kier alpha value is -0.770. The smallest absolute Gasteiger partial charge is 0.0642 e. The molecule has 1 aliphatic heterocycles. The van der Waals surface area contributed by atoms with Crippen LogP contribution in [0.3, 0.4) is 0 Å². The first-order valence-electron chi connectivity index (χ1n) is 6.51. The lowest BCUT2D eigenvalue weighted by Crippen LogP contribution is -2.35. The molecular weight excluding hydrogens is 248 g/mol.